The van der Waals surface area contributed by atoms with E-state index in [-0.39, 0.29) is 5.78 Å². The molecule has 0 atom stereocenters. The molecule has 1 aliphatic heterocycles. The van der Waals surface area contributed by atoms with E-state index in [4.69, 9.17) is 0 Å². The van der Waals surface area contributed by atoms with Gasteiger partial charge in [-0.3, -0.25) is 4.79 Å². The van der Waals surface area contributed by atoms with Crippen LogP contribution >= 0.6 is 0 Å². The summed E-state index contributed by atoms with van der Waals surface area (Å²) in [5.41, 5.74) is 1.39. The van der Waals surface area contributed by atoms with Gasteiger partial charge in [-0.05, 0) is 24.1 Å². The van der Waals surface area contributed by atoms with Gasteiger partial charge in [-0.2, -0.15) is 5.11 Å². The maximum atomic E-state index is 11.3. The third-order valence-corrected chi connectivity index (χ3v) is 1.86. The van der Waals surface area contributed by atoms with E-state index >= 15 is 0 Å². The van der Waals surface area contributed by atoms with Crippen LogP contribution in [0.4, 0.5) is 0 Å². The van der Waals surface area contributed by atoms with Crippen molar-refractivity contribution in [2.75, 3.05) is 0 Å². The number of carbonyl (C=O) groups is 1. The maximum Gasteiger partial charge on any atom is 0.206 e. The van der Waals surface area contributed by atoms with Gasteiger partial charge < -0.3 is 0 Å². The van der Waals surface area contributed by atoms with E-state index < -0.39 is 0 Å². The number of ketones is 1. The lowest BCUT2D eigenvalue weighted by Gasteiger charge is -2.07. The van der Waals surface area contributed by atoms with E-state index in [0.29, 0.717) is 5.70 Å². The first-order valence-corrected chi connectivity index (χ1v) is 4.06. The average Bonchev–Trinajstić information content (AvgIpc) is 2.07. The summed E-state index contributed by atoms with van der Waals surface area (Å²) in [6.07, 6.45) is 11.2. The van der Waals surface area contributed by atoms with Gasteiger partial charge >= 0.3 is 0 Å². The van der Waals surface area contributed by atoms with Crippen LogP contribution in [-0.2, 0) is 4.79 Å². The second kappa shape index (κ2) is 3.31. The predicted octanol–water partition coefficient (Wildman–Crippen LogP) is 2.31. The number of nitrogens with zero attached hydrogens (tertiary/aromatic N) is 2. The van der Waals surface area contributed by atoms with Crippen LogP contribution in [0.5, 0.6) is 0 Å². The van der Waals surface area contributed by atoms with Crippen molar-refractivity contribution < 1.29 is 4.79 Å². The van der Waals surface area contributed by atoms with Crippen LogP contribution in [0.15, 0.2) is 58.1 Å². The zero-order valence-corrected chi connectivity index (χ0v) is 6.97. The summed E-state index contributed by atoms with van der Waals surface area (Å²) in [4.78, 5) is 11.3. The third kappa shape index (κ3) is 1.54. The van der Waals surface area contributed by atoms with E-state index in [2.05, 4.69) is 10.2 Å². The summed E-state index contributed by atoms with van der Waals surface area (Å²) >= 11 is 0. The molecule has 3 heteroatoms. The van der Waals surface area contributed by atoms with Crippen LogP contribution < -0.4 is 0 Å². The number of rotatable bonds is 0. The Bertz CT molecular complexity index is 384. The van der Waals surface area contributed by atoms with E-state index in [1.807, 2.05) is 18.2 Å². The van der Waals surface area contributed by atoms with Crippen LogP contribution in [0.2, 0.25) is 0 Å². The molecule has 0 fully saturated rings. The van der Waals surface area contributed by atoms with Crippen LogP contribution in [0.1, 0.15) is 6.42 Å². The minimum atomic E-state index is -0.0649. The number of hydrogen-bond donors (Lipinski definition) is 0. The maximum absolute atomic E-state index is 11.3. The van der Waals surface area contributed by atoms with Crippen molar-refractivity contribution in [1.82, 2.24) is 0 Å². The minimum absolute atomic E-state index is 0.0649. The number of allylic oxidation sites excluding steroid dienone is 6. The fourth-order valence-corrected chi connectivity index (χ4v) is 1.24. The largest absolute Gasteiger partial charge is 0.287 e. The van der Waals surface area contributed by atoms with Crippen molar-refractivity contribution in [3.63, 3.8) is 0 Å². The van der Waals surface area contributed by atoms with Crippen LogP contribution in [0.25, 0.3) is 0 Å². The summed E-state index contributed by atoms with van der Waals surface area (Å²) < 4.78 is 0. The highest BCUT2D eigenvalue weighted by atomic mass is 16.1. The van der Waals surface area contributed by atoms with Gasteiger partial charge in [-0.15, -0.1) is 5.11 Å². The molecule has 0 radical (unpaired) electrons. The Labute approximate surface area is 75.9 Å². The summed E-state index contributed by atoms with van der Waals surface area (Å²) in [7, 11) is 0. The molecule has 64 valence electrons. The van der Waals surface area contributed by atoms with Crippen LogP contribution in [0.3, 0.4) is 0 Å². The highest BCUT2D eigenvalue weighted by Crippen LogP contribution is 2.20. The molecule has 0 aromatic carbocycles. The molecule has 3 nitrogen and oxygen atoms in total. The van der Waals surface area contributed by atoms with Gasteiger partial charge in [0.05, 0.1) is 0 Å². The van der Waals surface area contributed by atoms with Crippen molar-refractivity contribution in [3.05, 3.63) is 47.9 Å². The second-order valence-electron chi connectivity index (χ2n) is 2.76. The number of hydrogen-bond acceptors (Lipinski definition) is 3. The molecule has 0 amide bonds. The molecule has 13 heavy (non-hydrogen) atoms. The molecule has 2 rings (SSSR count). The zero-order valence-electron chi connectivity index (χ0n) is 6.97. The minimum Gasteiger partial charge on any atom is -0.287 e. The van der Waals surface area contributed by atoms with E-state index in [1.54, 1.807) is 12.3 Å². The Hall–Kier alpha value is -1.77. The molecule has 0 unspecified atom stereocenters. The van der Waals surface area contributed by atoms with Gasteiger partial charge in [0.1, 0.15) is 5.70 Å². The lowest BCUT2D eigenvalue weighted by atomic mass is 10.0. The van der Waals surface area contributed by atoms with E-state index in [1.165, 1.54) is 6.08 Å². The Morgan fingerprint density at radius 3 is 3.08 bits per heavy atom. The SMILES string of the molecule is O=C1C=CCC2=C1N=N/C=C\C=C2. The standard InChI is InChI=1S/C10H8N2O/c13-9-6-3-5-8-4-1-2-7-11-12-10(8)9/h1-4,6-7H,5H2/b2-1?,4-1?,7-2-,8-4?,11-7?,12-10?,12-11?. The molecular weight excluding hydrogens is 164 g/mol. The van der Waals surface area contributed by atoms with Gasteiger partial charge in [-0.25, -0.2) is 0 Å². The summed E-state index contributed by atoms with van der Waals surface area (Å²) in [6, 6.07) is 0. The molecule has 2 aliphatic rings. The molecule has 0 saturated carbocycles. The molecule has 0 saturated heterocycles. The quantitative estimate of drug-likeness (QED) is 0.552. The van der Waals surface area contributed by atoms with Crippen molar-refractivity contribution in [1.29, 1.82) is 0 Å². The molecule has 0 bridgehead atoms. The lowest BCUT2D eigenvalue weighted by Crippen LogP contribution is -2.03. The third-order valence-electron chi connectivity index (χ3n) is 1.86. The first-order chi connectivity index (χ1) is 6.38. The highest BCUT2D eigenvalue weighted by molar-refractivity contribution is 6.05. The van der Waals surface area contributed by atoms with Gasteiger partial charge in [0, 0.05) is 6.20 Å². The smallest absolute Gasteiger partial charge is 0.206 e. The second-order valence-corrected chi connectivity index (χ2v) is 2.76. The normalized spacial score (nSPS) is 22.6. The molecular formula is C10H8N2O. The monoisotopic (exact) mass is 172 g/mol. The first-order valence-electron chi connectivity index (χ1n) is 4.06. The number of carbonyl (C=O) groups excluding carboxylic acids is 1. The van der Waals surface area contributed by atoms with Crippen molar-refractivity contribution in [3.8, 4) is 0 Å². The summed E-state index contributed by atoms with van der Waals surface area (Å²) in [5, 5.41) is 7.60. The highest BCUT2D eigenvalue weighted by Gasteiger charge is 2.14. The molecule has 0 spiro atoms. The molecule has 1 aliphatic carbocycles. The van der Waals surface area contributed by atoms with Gasteiger partial charge in [0.15, 0.2) is 0 Å². The summed E-state index contributed by atoms with van der Waals surface area (Å²) in [5.74, 6) is -0.0649. The zero-order chi connectivity index (χ0) is 9.10. The first kappa shape index (κ1) is 7.86. The van der Waals surface area contributed by atoms with E-state index in [9.17, 15) is 4.79 Å². The molecule has 0 N–H and O–H groups in total. The Balaban J connectivity index is 2.44. The average molecular weight is 172 g/mol. The van der Waals surface area contributed by atoms with Crippen LogP contribution in [-0.4, -0.2) is 5.78 Å². The van der Waals surface area contributed by atoms with Crippen LogP contribution in [0, 0.1) is 0 Å². The van der Waals surface area contributed by atoms with Gasteiger partial charge in [0.2, 0.25) is 5.78 Å². The predicted molar refractivity (Wildman–Crippen MR) is 48.9 cm³/mol. The lowest BCUT2D eigenvalue weighted by molar-refractivity contribution is -0.111. The summed E-state index contributed by atoms with van der Waals surface area (Å²) in [6.45, 7) is 0. The molecule has 0 aromatic heterocycles. The van der Waals surface area contributed by atoms with Crippen molar-refractivity contribution >= 4 is 5.78 Å². The molecule has 1 heterocycles. The van der Waals surface area contributed by atoms with Crippen molar-refractivity contribution in [2.24, 2.45) is 10.2 Å². The molecule has 0 aromatic rings. The topological polar surface area (TPSA) is 41.8 Å². The Kier molecular flexibility index (Phi) is 2.00. The Morgan fingerprint density at radius 2 is 2.15 bits per heavy atom. The van der Waals surface area contributed by atoms with Gasteiger partial charge in [-0.1, -0.05) is 18.2 Å². The van der Waals surface area contributed by atoms with Crippen molar-refractivity contribution in [2.45, 2.75) is 6.42 Å². The fourth-order valence-electron chi connectivity index (χ4n) is 1.24. The van der Waals surface area contributed by atoms with E-state index in [0.717, 1.165) is 12.0 Å². The Morgan fingerprint density at radius 1 is 1.23 bits per heavy atom. The fraction of sp³-hybridized carbons (Fsp3) is 0.100. The number of azo groups is 1. The van der Waals surface area contributed by atoms with Gasteiger partial charge in [0.25, 0.3) is 0 Å².